The first-order chi connectivity index (χ1) is 18.7. The molecule has 2 amide bonds. The summed E-state index contributed by atoms with van der Waals surface area (Å²) in [5.74, 6) is -1.03. The van der Waals surface area contributed by atoms with Crippen LogP contribution in [0.2, 0.25) is 0 Å². The summed E-state index contributed by atoms with van der Waals surface area (Å²) in [5, 5.41) is 16.1. The van der Waals surface area contributed by atoms with Crippen molar-refractivity contribution in [1.29, 1.82) is 0 Å². The van der Waals surface area contributed by atoms with E-state index in [0.717, 1.165) is 29.7 Å². The number of hydrogen-bond acceptors (Lipinski definition) is 9. The van der Waals surface area contributed by atoms with Crippen molar-refractivity contribution in [3.05, 3.63) is 87.6 Å². The number of benzene rings is 2. The first-order valence-corrected chi connectivity index (χ1v) is 12.8. The van der Waals surface area contributed by atoms with E-state index in [4.69, 9.17) is 0 Å². The van der Waals surface area contributed by atoms with Gasteiger partial charge >= 0.3 is 6.36 Å². The third kappa shape index (κ3) is 8.97. The van der Waals surface area contributed by atoms with Gasteiger partial charge in [-0.1, -0.05) is 53.8 Å². The van der Waals surface area contributed by atoms with Gasteiger partial charge in [0.05, 0.1) is 0 Å². The number of aromatic nitrogens is 2. The molecule has 14 heteroatoms. The molecule has 0 saturated heterocycles. The number of amides is 2. The molecular formula is C25H26F3N7O3S. The van der Waals surface area contributed by atoms with E-state index in [2.05, 4.69) is 36.5 Å². The summed E-state index contributed by atoms with van der Waals surface area (Å²) in [6, 6.07) is 15.0. The SMILES string of the molecule is O=C(NCc1ccccc1)C1=CN(CCCCc2nnc(C(=O)NCc3cccc(OC(F)(F)F)c3)s2)NN1. The van der Waals surface area contributed by atoms with E-state index in [1.165, 1.54) is 18.2 Å². The summed E-state index contributed by atoms with van der Waals surface area (Å²) in [6.45, 7) is 1.09. The second-order valence-electron chi connectivity index (χ2n) is 8.48. The molecule has 3 aromatic rings. The molecule has 2 heterocycles. The van der Waals surface area contributed by atoms with E-state index in [1.54, 1.807) is 17.3 Å². The summed E-state index contributed by atoms with van der Waals surface area (Å²) in [6.07, 6.45) is -0.882. The zero-order valence-electron chi connectivity index (χ0n) is 20.6. The minimum atomic E-state index is -4.79. The first kappa shape index (κ1) is 27.9. The minimum absolute atomic E-state index is 0.0134. The number of carbonyl (C=O) groups is 2. The minimum Gasteiger partial charge on any atom is -0.406 e. The highest BCUT2D eigenvalue weighted by Gasteiger charge is 2.31. The summed E-state index contributed by atoms with van der Waals surface area (Å²) >= 11 is 1.16. The number of carbonyl (C=O) groups excluding carboxylic acids is 2. The number of nitrogens with one attached hydrogen (secondary N) is 4. The van der Waals surface area contributed by atoms with Crippen molar-refractivity contribution >= 4 is 23.2 Å². The Morgan fingerprint density at radius 2 is 1.69 bits per heavy atom. The Bertz CT molecular complexity index is 1300. The Hall–Kier alpha value is -4.17. The van der Waals surface area contributed by atoms with E-state index in [-0.39, 0.29) is 23.2 Å². The maximum absolute atomic E-state index is 12.4. The highest BCUT2D eigenvalue weighted by molar-refractivity contribution is 7.13. The lowest BCUT2D eigenvalue weighted by Crippen LogP contribution is -2.39. The van der Waals surface area contributed by atoms with Crippen molar-refractivity contribution in [2.75, 3.05) is 6.54 Å². The highest BCUT2D eigenvalue weighted by Crippen LogP contribution is 2.23. The molecule has 39 heavy (non-hydrogen) atoms. The number of unbranched alkanes of at least 4 members (excludes halogenated alkanes) is 1. The summed E-state index contributed by atoms with van der Waals surface area (Å²) in [4.78, 5) is 24.7. The van der Waals surface area contributed by atoms with Crippen molar-refractivity contribution in [3.8, 4) is 5.75 Å². The molecule has 0 radical (unpaired) electrons. The van der Waals surface area contributed by atoms with E-state index in [0.29, 0.717) is 35.8 Å². The number of halogens is 3. The van der Waals surface area contributed by atoms with Gasteiger partial charge in [-0.15, -0.1) is 28.9 Å². The Balaban J connectivity index is 1.15. The fourth-order valence-electron chi connectivity index (χ4n) is 3.58. The van der Waals surface area contributed by atoms with Crippen LogP contribution in [-0.4, -0.2) is 39.9 Å². The molecule has 0 fully saturated rings. The van der Waals surface area contributed by atoms with Gasteiger partial charge in [0, 0.05) is 32.3 Å². The molecule has 1 aliphatic heterocycles. The molecule has 206 valence electrons. The van der Waals surface area contributed by atoms with Gasteiger partial charge in [-0.2, -0.15) is 0 Å². The molecule has 0 unspecified atom stereocenters. The maximum Gasteiger partial charge on any atom is 0.573 e. The smallest absolute Gasteiger partial charge is 0.406 e. The van der Waals surface area contributed by atoms with Crippen molar-refractivity contribution < 1.29 is 27.5 Å². The fourth-order valence-corrected chi connectivity index (χ4v) is 4.37. The van der Waals surface area contributed by atoms with Crippen molar-refractivity contribution in [2.24, 2.45) is 0 Å². The zero-order valence-corrected chi connectivity index (χ0v) is 21.4. The molecule has 0 spiro atoms. The lowest BCUT2D eigenvalue weighted by atomic mass is 10.2. The molecule has 0 aliphatic carbocycles. The molecule has 0 saturated carbocycles. The number of aryl methyl sites for hydroxylation is 1. The molecule has 0 atom stereocenters. The predicted molar refractivity (Wildman–Crippen MR) is 136 cm³/mol. The standard InChI is InChI=1S/C25H26F3N7O3S/c26-25(27,28)38-19-10-6-9-18(13-19)15-30-23(37)24-33-32-21(39-24)11-4-5-12-35-16-20(31-34-35)22(36)29-14-17-7-2-1-3-8-17/h1-3,6-10,13,16,31,34H,4-5,11-12,14-15H2,(H,29,36)(H,30,37). The van der Waals surface area contributed by atoms with Gasteiger partial charge in [0.1, 0.15) is 16.5 Å². The average molecular weight is 562 g/mol. The van der Waals surface area contributed by atoms with Gasteiger partial charge in [-0.3, -0.25) is 20.0 Å². The Morgan fingerprint density at radius 3 is 2.49 bits per heavy atom. The van der Waals surface area contributed by atoms with Crippen LogP contribution < -0.4 is 26.3 Å². The predicted octanol–water partition coefficient (Wildman–Crippen LogP) is 3.17. The lowest BCUT2D eigenvalue weighted by molar-refractivity contribution is -0.274. The second-order valence-corrected chi connectivity index (χ2v) is 9.54. The molecule has 10 nitrogen and oxygen atoms in total. The van der Waals surface area contributed by atoms with Crippen LogP contribution in [0.15, 0.2) is 66.5 Å². The number of hydrazine groups is 2. The van der Waals surface area contributed by atoms with Gasteiger partial charge in [-0.25, -0.2) is 0 Å². The topological polar surface area (TPSA) is 121 Å². The van der Waals surface area contributed by atoms with Crippen LogP contribution in [-0.2, 0) is 24.3 Å². The lowest BCUT2D eigenvalue weighted by Gasteiger charge is -2.14. The average Bonchev–Trinajstić information content (AvgIpc) is 3.58. The van der Waals surface area contributed by atoms with E-state index in [1.807, 2.05) is 30.3 Å². The number of nitrogens with zero attached hydrogens (tertiary/aromatic N) is 3. The van der Waals surface area contributed by atoms with E-state index in [9.17, 15) is 22.8 Å². The number of ether oxygens (including phenoxy) is 1. The van der Waals surface area contributed by atoms with Crippen molar-refractivity contribution in [2.45, 2.75) is 38.7 Å². The van der Waals surface area contributed by atoms with Crippen LogP contribution in [0.4, 0.5) is 13.2 Å². The Morgan fingerprint density at radius 1 is 0.949 bits per heavy atom. The van der Waals surface area contributed by atoms with Gasteiger partial charge in [-0.05, 0) is 36.1 Å². The summed E-state index contributed by atoms with van der Waals surface area (Å²) < 4.78 is 41.1. The first-order valence-electron chi connectivity index (χ1n) is 12.0. The summed E-state index contributed by atoms with van der Waals surface area (Å²) in [7, 11) is 0. The Kier molecular flexibility index (Phi) is 9.33. The van der Waals surface area contributed by atoms with Crippen LogP contribution in [0, 0.1) is 0 Å². The summed E-state index contributed by atoms with van der Waals surface area (Å²) in [5.41, 5.74) is 7.67. The number of alkyl halides is 3. The quantitative estimate of drug-likeness (QED) is 0.249. The third-order valence-electron chi connectivity index (χ3n) is 5.45. The molecule has 2 aromatic carbocycles. The van der Waals surface area contributed by atoms with E-state index >= 15 is 0 Å². The molecule has 0 bridgehead atoms. The maximum atomic E-state index is 12.4. The molecular weight excluding hydrogens is 535 g/mol. The third-order valence-corrected chi connectivity index (χ3v) is 6.43. The Labute approximate surface area is 226 Å². The van der Waals surface area contributed by atoms with Gasteiger partial charge in [0.25, 0.3) is 11.8 Å². The molecule has 4 N–H and O–H groups in total. The van der Waals surface area contributed by atoms with Gasteiger partial charge < -0.3 is 15.4 Å². The van der Waals surface area contributed by atoms with Crippen molar-refractivity contribution in [3.63, 3.8) is 0 Å². The molecule has 4 rings (SSSR count). The van der Waals surface area contributed by atoms with Crippen LogP contribution in [0.25, 0.3) is 0 Å². The van der Waals surface area contributed by atoms with E-state index < -0.39 is 12.3 Å². The zero-order chi connectivity index (χ0) is 27.7. The molecule has 1 aromatic heterocycles. The molecule has 1 aliphatic rings. The number of hydrogen-bond donors (Lipinski definition) is 4. The fraction of sp³-hybridized carbons (Fsp3) is 0.280. The second kappa shape index (κ2) is 13.1. The van der Waals surface area contributed by atoms with Gasteiger partial charge in [0.15, 0.2) is 0 Å². The normalized spacial score (nSPS) is 13.0. The van der Waals surface area contributed by atoms with Crippen LogP contribution in [0.1, 0.15) is 38.8 Å². The van der Waals surface area contributed by atoms with Crippen molar-refractivity contribution in [1.82, 2.24) is 36.8 Å². The van der Waals surface area contributed by atoms with Crippen LogP contribution in [0.5, 0.6) is 5.75 Å². The van der Waals surface area contributed by atoms with Gasteiger partial charge in [0.2, 0.25) is 5.01 Å². The highest BCUT2D eigenvalue weighted by atomic mass is 32.1. The monoisotopic (exact) mass is 561 g/mol. The van der Waals surface area contributed by atoms with Crippen LogP contribution >= 0.6 is 11.3 Å². The van der Waals surface area contributed by atoms with Crippen LogP contribution in [0.3, 0.4) is 0 Å². The largest absolute Gasteiger partial charge is 0.573 e. The number of rotatable bonds is 12.